The van der Waals surface area contributed by atoms with E-state index in [4.69, 9.17) is 5.73 Å². The lowest BCUT2D eigenvalue weighted by Gasteiger charge is -2.10. The Morgan fingerprint density at radius 1 is 1.00 bits per heavy atom. The number of hydrogen-bond donors (Lipinski definition) is 2. The molecule has 0 aliphatic heterocycles. The summed E-state index contributed by atoms with van der Waals surface area (Å²) in [5.41, 5.74) is 6.96. The molecular weight excluding hydrogens is 321 g/mol. The van der Waals surface area contributed by atoms with Crippen LogP contribution in [0.25, 0.3) is 0 Å². The van der Waals surface area contributed by atoms with Crippen molar-refractivity contribution in [2.24, 2.45) is 0 Å². The molecule has 6 heteroatoms. The van der Waals surface area contributed by atoms with Gasteiger partial charge in [0.1, 0.15) is 5.82 Å². The molecule has 0 radical (unpaired) electrons. The predicted octanol–water partition coefficient (Wildman–Crippen LogP) is 4.06. The minimum absolute atomic E-state index is 0.239. The van der Waals surface area contributed by atoms with Crippen LogP contribution in [0.2, 0.25) is 0 Å². The van der Waals surface area contributed by atoms with Crippen molar-refractivity contribution in [2.75, 3.05) is 11.1 Å². The highest BCUT2D eigenvalue weighted by atomic mass is 79.9. The fourth-order valence-corrected chi connectivity index (χ4v) is 1.91. The number of anilines is 2. The Balaban J connectivity index is 2.14. The zero-order valence-corrected chi connectivity index (χ0v) is 11.3. The predicted molar refractivity (Wildman–Crippen MR) is 72.2 cm³/mol. The molecule has 0 aromatic heterocycles. The van der Waals surface area contributed by atoms with E-state index in [9.17, 15) is 13.2 Å². The molecule has 0 bridgehead atoms. The molecule has 19 heavy (non-hydrogen) atoms. The molecule has 0 fully saturated rings. The van der Waals surface area contributed by atoms with E-state index in [-0.39, 0.29) is 16.7 Å². The van der Waals surface area contributed by atoms with Gasteiger partial charge in [0.05, 0.1) is 15.8 Å². The molecule has 0 saturated carbocycles. The van der Waals surface area contributed by atoms with E-state index in [1.807, 2.05) is 0 Å². The first-order valence-corrected chi connectivity index (χ1v) is 6.19. The smallest absolute Gasteiger partial charge is 0.159 e. The maximum atomic E-state index is 13.2. The van der Waals surface area contributed by atoms with Crippen molar-refractivity contribution in [1.29, 1.82) is 0 Å². The number of benzene rings is 2. The molecular formula is C13H10BrF3N2. The summed E-state index contributed by atoms with van der Waals surface area (Å²) in [6.07, 6.45) is 0. The first kappa shape index (κ1) is 13.7. The lowest BCUT2D eigenvalue weighted by Crippen LogP contribution is -2.04. The van der Waals surface area contributed by atoms with Crippen molar-refractivity contribution >= 4 is 27.3 Å². The number of rotatable bonds is 3. The molecule has 0 unspecified atom stereocenters. The Morgan fingerprint density at radius 2 is 1.74 bits per heavy atom. The van der Waals surface area contributed by atoms with Crippen LogP contribution in [0.1, 0.15) is 5.56 Å². The number of nitrogen functional groups attached to an aromatic ring is 1. The third-order valence-electron chi connectivity index (χ3n) is 2.56. The average Bonchev–Trinajstić information content (AvgIpc) is 2.36. The zero-order valence-electron chi connectivity index (χ0n) is 9.68. The van der Waals surface area contributed by atoms with E-state index >= 15 is 0 Å². The molecule has 0 aliphatic rings. The monoisotopic (exact) mass is 330 g/mol. The molecule has 0 spiro atoms. The Labute approximate surface area is 116 Å². The van der Waals surface area contributed by atoms with Gasteiger partial charge in [0.15, 0.2) is 11.6 Å². The molecule has 2 nitrogen and oxygen atoms in total. The van der Waals surface area contributed by atoms with Gasteiger partial charge in [-0.2, -0.15) is 0 Å². The maximum Gasteiger partial charge on any atom is 0.159 e. The second kappa shape index (κ2) is 5.52. The molecule has 0 aliphatic carbocycles. The first-order valence-electron chi connectivity index (χ1n) is 5.39. The molecule has 0 saturated heterocycles. The third-order valence-corrected chi connectivity index (χ3v) is 3.17. The van der Waals surface area contributed by atoms with E-state index in [0.29, 0.717) is 11.3 Å². The summed E-state index contributed by atoms with van der Waals surface area (Å²) in [7, 11) is 0. The van der Waals surface area contributed by atoms with E-state index < -0.39 is 17.5 Å². The first-order chi connectivity index (χ1) is 8.97. The standard InChI is InChI=1S/C13H10BrF3N2/c14-8-4-13(12(18)5-10(8)16)19-6-7-1-2-9(15)11(17)3-7/h1-5,19H,6,18H2. The molecule has 2 aromatic rings. The zero-order chi connectivity index (χ0) is 14.0. The second-order valence-corrected chi connectivity index (χ2v) is 4.81. The van der Waals surface area contributed by atoms with Crippen LogP contribution in [0.3, 0.4) is 0 Å². The Bertz CT molecular complexity index is 617. The summed E-state index contributed by atoms with van der Waals surface area (Å²) < 4.78 is 39.2. The highest BCUT2D eigenvalue weighted by Gasteiger charge is 2.07. The molecule has 3 N–H and O–H groups in total. The molecule has 100 valence electrons. The fourth-order valence-electron chi connectivity index (χ4n) is 1.56. The number of hydrogen-bond acceptors (Lipinski definition) is 2. The lowest BCUT2D eigenvalue weighted by molar-refractivity contribution is 0.507. The summed E-state index contributed by atoms with van der Waals surface area (Å²) in [4.78, 5) is 0. The van der Waals surface area contributed by atoms with Gasteiger partial charge in [-0.15, -0.1) is 0 Å². The number of halogens is 4. The normalized spacial score (nSPS) is 10.5. The molecule has 0 amide bonds. The van der Waals surface area contributed by atoms with Gasteiger partial charge in [0.2, 0.25) is 0 Å². The van der Waals surface area contributed by atoms with Gasteiger partial charge in [0, 0.05) is 12.6 Å². The molecule has 2 aromatic carbocycles. The van der Waals surface area contributed by atoms with Crippen LogP contribution in [0.5, 0.6) is 0 Å². The minimum atomic E-state index is -0.910. The summed E-state index contributed by atoms with van der Waals surface area (Å²) >= 11 is 3.05. The largest absolute Gasteiger partial charge is 0.397 e. The van der Waals surface area contributed by atoms with Crippen molar-refractivity contribution in [1.82, 2.24) is 0 Å². The van der Waals surface area contributed by atoms with Gasteiger partial charge in [-0.1, -0.05) is 6.07 Å². The van der Waals surface area contributed by atoms with Crippen molar-refractivity contribution in [2.45, 2.75) is 6.54 Å². The van der Waals surface area contributed by atoms with Gasteiger partial charge in [-0.3, -0.25) is 0 Å². The Hall–Kier alpha value is -1.69. The molecule has 0 heterocycles. The SMILES string of the molecule is Nc1cc(F)c(Br)cc1NCc1ccc(F)c(F)c1. The number of nitrogens with two attached hydrogens (primary N) is 1. The Morgan fingerprint density at radius 3 is 2.42 bits per heavy atom. The van der Waals surface area contributed by atoms with Gasteiger partial charge in [0.25, 0.3) is 0 Å². The van der Waals surface area contributed by atoms with Gasteiger partial charge in [-0.05, 0) is 39.7 Å². The highest BCUT2D eigenvalue weighted by molar-refractivity contribution is 9.10. The van der Waals surface area contributed by atoms with Gasteiger partial charge in [-0.25, -0.2) is 13.2 Å². The number of nitrogens with one attached hydrogen (secondary N) is 1. The highest BCUT2D eigenvalue weighted by Crippen LogP contribution is 2.27. The summed E-state index contributed by atoms with van der Waals surface area (Å²) in [5.74, 6) is -2.27. The van der Waals surface area contributed by atoms with Crippen LogP contribution in [-0.4, -0.2) is 0 Å². The second-order valence-electron chi connectivity index (χ2n) is 3.96. The quantitative estimate of drug-likeness (QED) is 0.833. The van der Waals surface area contributed by atoms with Gasteiger partial charge >= 0.3 is 0 Å². The van der Waals surface area contributed by atoms with E-state index in [2.05, 4.69) is 21.2 Å². The summed E-state index contributed by atoms with van der Waals surface area (Å²) in [6, 6.07) is 6.27. The van der Waals surface area contributed by atoms with Crippen LogP contribution in [0, 0.1) is 17.5 Å². The maximum absolute atomic E-state index is 13.2. The third kappa shape index (κ3) is 3.20. The van der Waals surface area contributed by atoms with Crippen LogP contribution in [0.4, 0.5) is 24.5 Å². The van der Waals surface area contributed by atoms with Crippen molar-refractivity contribution in [3.05, 3.63) is 57.8 Å². The summed E-state index contributed by atoms with van der Waals surface area (Å²) in [6.45, 7) is 0.249. The van der Waals surface area contributed by atoms with Crippen molar-refractivity contribution in [3.63, 3.8) is 0 Å². The molecule has 2 rings (SSSR count). The minimum Gasteiger partial charge on any atom is -0.397 e. The van der Waals surface area contributed by atoms with Crippen LogP contribution >= 0.6 is 15.9 Å². The van der Waals surface area contributed by atoms with E-state index in [1.165, 1.54) is 18.2 Å². The van der Waals surface area contributed by atoms with Crippen LogP contribution in [0.15, 0.2) is 34.8 Å². The molecule has 0 atom stereocenters. The van der Waals surface area contributed by atoms with Crippen LogP contribution in [-0.2, 0) is 6.54 Å². The Kier molecular flexibility index (Phi) is 3.99. The van der Waals surface area contributed by atoms with Crippen molar-refractivity contribution in [3.8, 4) is 0 Å². The lowest BCUT2D eigenvalue weighted by atomic mass is 10.2. The summed E-state index contributed by atoms with van der Waals surface area (Å²) in [5, 5.41) is 2.93. The fraction of sp³-hybridized carbons (Fsp3) is 0.0769. The topological polar surface area (TPSA) is 38.0 Å². The van der Waals surface area contributed by atoms with Gasteiger partial charge < -0.3 is 11.1 Å². The van der Waals surface area contributed by atoms with E-state index in [0.717, 1.165) is 12.1 Å². The average molecular weight is 331 g/mol. The van der Waals surface area contributed by atoms with E-state index in [1.54, 1.807) is 0 Å². The van der Waals surface area contributed by atoms with Crippen LogP contribution < -0.4 is 11.1 Å². The van der Waals surface area contributed by atoms with Crippen molar-refractivity contribution < 1.29 is 13.2 Å².